The zero-order valence-electron chi connectivity index (χ0n) is 15.1. The van der Waals surface area contributed by atoms with Gasteiger partial charge in [0, 0.05) is 38.4 Å². The first kappa shape index (κ1) is 23.0. The zero-order valence-corrected chi connectivity index (χ0v) is 17.9. The van der Waals surface area contributed by atoms with E-state index in [1.165, 1.54) is 6.42 Å². The van der Waals surface area contributed by atoms with Crippen LogP contribution in [0.25, 0.3) is 5.32 Å². The van der Waals surface area contributed by atoms with Crippen LogP contribution in [0, 0.1) is 11.5 Å². The van der Waals surface area contributed by atoms with Crippen LogP contribution in [-0.2, 0) is 37.5 Å². The fourth-order valence-electron chi connectivity index (χ4n) is 1.62. The zero-order chi connectivity index (χ0) is 17.5. The molecule has 0 aliphatic carbocycles. The molecule has 1 N–H and O–H groups in total. The van der Waals surface area contributed by atoms with Crippen molar-refractivity contribution < 1.29 is 42.3 Å². The number of amides is 2. The van der Waals surface area contributed by atoms with Crippen LogP contribution in [0.2, 0.25) is 0 Å². The molecule has 1 heterocycles. The Bertz CT molecular complexity index is 550. The number of nitrogens with one attached hydrogen (secondary N) is 1. The molecule has 0 bridgehead atoms. The molecule has 24 heavy (non-hydrogen) atoms. The Morgan fingerprint density at radius 2 is 2.04 bits per heavy atom. The Morgan fingerprint density at radius 3 is 2.50 bits per heavy atom. The second-order valence-electron chi connectivity index (χ2n) is 6.77. The van der Waals surface area contributed by atoms with Crippen molar-refractivity contribution in [1.29, 1.82) is 0 Å². The minimum absolute atomic E-state index is 0. The Labute approximate surface area is 170 Å². The maximum absolute atomic E-state index is 11.7. The molecule has 0 aromatic heterocycles. The number of carbonyl (C=O) groups excluding carboxylic acids is 2. The quantitative estimate of drug-likeness (QED) is 0.752. The van der Waals surface area contributed by atoms with Gasteiger partial charge >= 0.3 is 0 Å². The van der Waals surface area contributed by atoms with Crippen LogP contribution in [0.5, 0.6) is 0 Å². The Kier molecular flexibility index (Phi) is 10.3. The van der Waals surface area contributed by atoms with E-state index in [1.807, 2.05) is 0 Å². The number of nitrogens with zero attached hydrogens (tertiary/aromatic N) is 1. The molecule has 1 aliphatic heterocycles. The van der Waals surface area contributed by atoms with Crippen molar-refractivity contribution in [3.63, 3.8) is 0 Å². The van der Waals surface area contributed by atoms with Gasteiger partial charge in [0.1, 0.15) is 0 Å². The smallest absolute Gasteiger partial charge is 0.209 e. The van der Waals surface area contributed by atoms with Crippen LogP contribution in [-0.4, -0.2) is 17.9 Å². The summed E-state index contributed by atoms with van der Waals surface area (Å²) in [5, 5.41) is 6.49. The molecular weight excluding hydrogens is 377 g/mol. The summed E-state index contributed by atoms with van der Waals surface area (Å²) in [6.07, 6.45) is 2.46. The van der Waals surface area contributed by atoms with E-state index in [1.54, 1.807) is 24.3 Å². The predicted molar refractivity (Wildman–Crippen MR) is 93.0 cm³/mol. The summed E-state index contributed by atoms with van der Waals surface area (Å²) in [5.74, 6) is -0.663. The molecular formula is C19H26N2O2Y-2. The fourth-order valence-corrected chi connectivity index (χ4v) is 1.62. The standard InChI is InChI=1S/C13H13N2O2.C6H14.Y/c1-9-7-8-11(13(17)14-9)15-12(16)10-5-3-2-4-6-10;1-5-6(2,3)4;/h2-5,11H,1,7-8H2,(H2,14,15,16,17);5H2,1-4H3;/q-1;;/p-1. The van der Waals surface area contributed by atoms with E-state index in [0.717, 1.165) is 0 Å². The molecule has 1 aromatic rings. The number of carbonyl (C=O) groups is 2. The molecule has 1 saturated heterocycles. The van der Waals surface area contributed by atoms with Gasteiger partial charge in [-0.25, -0.2) is 0 Å². The van der Waals surface area contributed by atoms with Gasteiger partial charge < -0.3 is 15.4 Å². The maximum Gasteiger partial charge on any atom is 0.209 e. The molecule has 0 spiro atoms. The number of piperidine rings is 1. The topological polar surface area (TPSA) is 60.3 Å². The Hall–Kier alpha value is -0.996. The van der Waals surface area contributed by atoms with Gasteiger partial charge in [-0.3, -0.25) is 4.79 Å². The molecule has 129 valence electrons. The Balaban J connectivity index is 0.000000655. The number of allylic oxidation sites excluding steroid dienone is 1. The largest absolute Gasteiger partial charge is 0.684 e. The molecule has 1 fully saturated rings. The number of hydrogen-bond acceptors (Lipinski definition) is 2. The van der Waals surface area contributed by atoms with Gasteiger partial charge in [0.2, 0.25) is 5.91 Å². The summed E-state index contributed by atoms with van der Waals surface area (Å²) in [6, 6.07) is 8.96. The van der Waals surface area contributed by atoms with Gasteiger partial charge in [0.15, 0.2) is 0 Å². The average Bonchev–Trinajstić information content (AvgIpc) is 2.51. The van der Waals surface area contributed by atoms with Crippen molar-refractivity contribution in [2.75, 3.05) is 0 Å². The molecule has 1 atom stereocenters. The third-order valence-electron chi connectivity index (χ3n) is 3.60. The molecule has 0 saturated carbocycles. The average molecular weight is 403 g/mol. The molecule has 4 nitrogen and oxygen atoms in total. The van der Waals surface area contributed by atoms with E-state index in [2.05, 4.69) is 51.0 Å². The van der Waals surface area contributed by atoms with Gasteiger partial charge in [0.05, 0.1) is 0 Å². The van der Waals surface area contributed by atoms with Crippen molar-refractivity contribution in [3.8, 4) is 0 Å². The van der Waals surface area contributed by atoms with E-state index in [-0.39, 0.29) is 38.6 Å². The van der Waals surface area contributed by atoms with Gasteiger partial charge in [-0.2, -0.15) is 0 Å². The van der Waals surface area contributed by atoms with Crippen LogP contribution in [0.1, 0.15) is 57.3 Å². The van der Waals surface area contributed by atoms with Crippen molar-refractivity contribution >= 4 is 11.8 Å². The summed E-state index contributed by atoms with van der Waals surface area (Å²) < 4.78 is 0. The molecule has 5 heteroatoms. The van der Waals surface area contributed by atoms with Gasteiger partial charge in [-0.15, -0.1) is 35.9 Å². The van der Waals surface area contributed by atoms with E-state index >= 15 is 0 Å². The SMILES string of the molecule is C=C1CCC([N-]C(=O)c2[c-]cccc2)C(=O)N1.CCC(C)(C)C.[Y]. The molecule has 1 radical (unpaired) electrons. The van der Waals surface area contributed by atoms with Gasteiger partial charge in [-0.05, 0) is 23.8 Å². The summed E-state index contributed by atoms with van der Waals surface area (Å²) in [4.78, 5) is 23.3. The fraction of sp³-hybridized carbons (Fsp3) is 0.474. The summed E-state index contributed by atoms with van der Waals surface area (Å²) >= 11 is 0. The van der Waals surface area contributed by atoms with Crippen molar-refractivity contribution in [2.24, 2.45) is 5.41 Å². The molecule has 2 amide bonds. The molecule has 2 rings (SSSR count). The number of benzene rings is 1. The third kappa shape index (κ3) is 8.74. The second-order valence-corrected chi connectivity index (χ2v) is 6.77. The van der Waals surface area contributed by atoms with E-state index in [4.69, 9.17) is 0 Å². The molecule has 1 aliphatic rings. The van der Waals surface area contributed by atoms with Crippen molar-refractivity contribution in [2.45, 2.75) is 53.0 Å². The normalized spacial score (nSPS) is 16.9. The van der Waals surface area contributed by atoms with Crippen molar-refractivity contribution in [1.82, 2.24) is 5.32 Å². The Morgan fingerprint density at radius 1 is 1.42 bits per heavy atom. The summed E-state index contributed by atoms with van der Waals surface area (Å²) in [5.41, 5.74) is 1.60. The van der Waals surface area contributed by atoms with Gasteiger partial charge in [-0.1, -0.05) is 47.1 Å². The second kappa shape index (κ2) is 10.8. The van der Waals surface area contributed by atoms with Crippen LogP contribution < -0.4 is 5.32 Å². The first-order valence-electron chi connectivity index (χ1n) is 7.93. The minimum Gasteiger partial charge on any atom is -0.684 e. The van der Waals surface area contributed by atoms with Crippen LogP contribution in [0.3, 0.4) is 0 Å². The van der Waals surface area contributed by atoms with Crippen molar-refractivity contribution in [3.05, 3.63) is 53.5 Å². The molecule has 1 unspecified atom stereocenters. The minimum atomic E-state index is -0.610. The van der Waals surface area contributed by atoms with E-state index < -0.39 is 11.9 Å². The monoisotopic (exact) mass is 403 g/mol. The summed E-state index contributed by atoms with van der Waals surface area (Å²) in [7, 11) is 0. The number of rotatable bonds is 2. The maximum atomic E-state index is 11.7. The van der Waals surface area contributed by atoms with E-state index in [0.29, 0.717) is 29.5 Å². The molecule has 1 aromatic carbocycles. The van der Waals surface area contributed by atoms with Crippen LogP contribution >= 0.6 is 0 Å². The number of hydrogen-bond donors (Lipinski definition) is 1. The van der Waals surface area contributed by atoms with Gasteiger partial charge in [0.25, 0.3) is 0 Å². The summed E-state index contributed by atoms with van der Waals surface area (Å²) in [6.45, 7) is 12.6. The van der Waals surface area contributed by atoms with E-state index in [9.17, 15) is 9.59 Å². The first-order chi connectivity index (χ1) is 10.7. The van der Waals surface area contributed by atoms with Crippen LogP contribution in [0.15, 0.2) is 36.5 Å². The first-order valence-corrected chi connectivity index (χ1v) is 7.93. The third-order valence-corrected chi connectivity index (χ3v) is 3.60. The predicted octanol–water partition coefficient (Wildman–Crippen LogP) is 4.23. The van der Waals surface area contributed by atoms with Crippen LogP contribution in [0.4, 0.5) is 0 Å².